The maximum atomic E-state index is 5.57. The molecule has 1 aromatic carbocycles. The smallest absolute Gasteiger partial charge is 0.121 e. The number of furan rings is 1. The number of anilines is 1. The fourth-order valence-corrected chi connectivity index (χ4v) is 2.38. The van der Waals surface area contributed by atoms with Crippen LogP contribution in [-0.2, 0) is 0 Å². The van der Waals surface area contributed by atoms with Crippen LogP contribution in [0.5, 0.6) is 5.75 Å². The van der Waals surface area contributed by atoms with Crippen molar-refractivity contribution in [1.82, 2.24) is 0 Å². The Morgan fingerprint density at radius 3 is 2.42 bits per heavy atom. The Kier molecular flexibility index (Phi) is 3.84. The Morgan fingerprint density at radius 1 is 1.16 bits per heavy atom. The first-order valence-corrected chi connectivity index (χ1v) is 6.49. The van der Waals surface area contributed by atoms with Gasteiger partial charge in [0.2, 0.25) is 0 Å². The molecule has 0 bridgehead atoms. The molecule has 1 unspecified atom stereocenters. The van der Waals surface area contributed by atoms with Crippen LogP contribution in [0.3, 0.4) is 0 Å². The highest BCUT2D eigenvalue weighted by Crippen LogP contribution is 2.27. The van der Waals surface area contributed by atoms with Crippen molar-refractivity contribution in [2.45, 2.75) is 33.7 Å². The third-order valence-electron chi connectivity index (χ3n) is 3.32. The van der Waals surface area contributed by atoms with Gasteiger partial charge in [-0.1, -0.05) is 0 Å². The second kappa shape index (κ2) is 5.39. The molecule has 0 saturated carbocycles. The molecule has 3 nitrogen and oxygen atoms in total. The summed E-state index contributed by atoms with van der Waals surface area (Å²) in [6, 6.07) is 8.41. The number of ether oxygens (including phenoxy) is 1. The van der Waals surface area contributed by atoms with Gasteiger partial charge in [-0.2, -0.15) is 0 Å². The Labute approximate surface area is 114 Å². The number of methoxy groups -OCH3 is 1. The first-order valence-electron chi connectivity index (χ1n) is 6.49. The van der Waals surface area contributed by atoms with E-state index in [0.29, 0.717) is 0 Å². The van der Waals surface area contributed by atoms with Crippen LogP contribution in [0.25, 0.3) is 0 Å². The molecule has 0 spiro atoms. The molecule has 0 amide bonds. The van der Waals surface area contributed by atoms with E-state index in [2.05, 4.69) is 24.4 Å². The van der Waals surface area contributed by atoms with Crippen LogP contribution in [0.4, 0.5) is 5.69 Å². The summed E-state index contributed by atoms with van der Waals surface area (Å²) in [5.41, 5.74) is 3.41. The Morgan fingerprint density at radius 2 is 1.89 bits per heavy atom. The SMILES string of the molecule is COc1ccc(NC(C)c2cc(C)oc2C)cc1C. The maximum absolute atomic E-state index is 5.57. The minimum Gasteiger partial charge on any atom is -0.496 e. The Hall–Kier alpha value is -1.90. The molecule has 0 saturated heterocycles. The van der Waals surface area contributed by atoms with E-state index in [-0.39, 0.29) is 6.04 Å². The molecule has 2 aromatic rings. The molecule has 3 heteroatoms. The van der Waals surface area contributed by atoms with Crippen LogP contribution in [0, 0.1) is 20.8 Å². The summed E-state index contributed by atoms with van der Waals surface area (Å²) >= 11 is 0. The summed E-state index contributed by atoms with van der Waals surface area (Å²) in [6.07, 6.45) is 0. The van der Waals surface area contributed by atoms with E-state index in [0.717, 1.165) is 28.5 Å². The van der Waals surface area contributed by atoms with E-state index in [1.54, 1.807) is 7.11 Å². The standard InChI is InChI=1S/C16H21NO2/c1-10-8-14(6-7-16(10)18-5)17-12(3)15-9-11(2)19-13(15)4/h6-9,12,17H,1-5H3. The fourth-order valence-electron chi connectivity index (χ4n) is 2.38. The summed E-state index contributed by atoms with van der Waals surface area (Å²) in [5, 5.41) is 3.49. The minimum absolute atomic E-state index is 0.213. The minimum atomic E-state index is 0.213. The highest BCUT2D eigenvalue weighted by atomic mass is 16.5. The highest BCUT2D eigenvalue weighted by Gasteiger charge is 2.12. The lowest BCUT2D eigenvalue weighted by atomic mass is 10.1. The normalized spacial score (nSPS) is 12.3. The first kappa shape index (κ1) is 13.5. The van der Waals surface area contributed by atoms with E-state index < -0.39 is 0 Å². The second-order valence-electron chi connectivity index (χ2n) is 4.92. The van der Waals surface area contributed by atoms with Crippen molar-refractivity contribution in [3.8, 4) is 5.75 Å². The van der Waals surface area contributed by atoms with Crippen molar-refractivity contribution in [2.24, 2.45) is 0 Å². The molecule has 1 N–H and O–H groups in total. The maximum Gasteiger partial charge on any atom is 0.121 e. The molecule has 0 fully saturated rings. The molecule has 0 aliphatic heterocycles. The summed E-state index contributed by atoms with van der Waals surface area (Å²) in [6.45, 7) is 8.15. The molecule has 0 aliphatic rings. The second-order valence-corrected chi connectivity index (χ2v) is 4.92. The van der Waals surface area contributed by atoms with Crippen molar-refractivity contribution in [3.63, 3.8) is 0 Å². The van der Waals surface area contributed by atoms with Gasteiger partial charge in [0, 0.05) is 11.3 Å². The van der Waals surface area contributed by atoms with Gasteiger partial charge in [-0.3, -0.25) is 0 Å². The van der Waals surface area contributed by atoms with Crippen LogP contribution < -0.4 is 10.1 Å². The lowest BCUT2D eigenvalue weighted by molar-refractivity contribution is 0.412. The van der Waals surface area contributed by atoms with Crippen LogP contribution in [0.1, 0.15) is 35.6 Å². The summed E-state index contributed by atoms with van der Waals surface area (Å²) < 4.78 is 10.8. The van der Waals surface area contributed by atoms with Crippen LogP contribution >= 0.6 is 0 Å². The van der Waals surface area contributed by atoms with Gasteiger partial charge in [0.25, 0.3) is 0 Å². The Bertz CT molecular complexity index is 572. The first-order chi connectivity index (χ1) is 9.01. The molecule has 2 rings (SSSR count). The number of rotatable bonds is 4. The van der Waals surface area contributed by atoms with E-state index in [9.17, 15) is 0 Å². The summed E-state index contributed by atoms with van der Waals surface area (Å²) in [4.78, 5) is 0. The quantitative estimate of drug-likeness (QED) is 0.884. The molecular weight excluding hydrogens is 238 g/mol. The van der Waals surface area contributed by atoms with Crippen LogP contribution in [-0.4, -0.2) is 7.11 Å². The van der Waals surface area contributed by atoms with Gasteiger partial charge in [-0.05, 0) is 57.5 Å². The van der Waals surface area contributed by atoms with E-state index >= 15 is 0 Å². The third kappa shape index (κ3) is 2.92. The predicted octanol–water partition coefficient (Wildman–Crippen LogP) is 4.39. The van der Waals surface area contributed by atoms with E-state index in [1.807, 2.05) is 32.9 Å². The number of aryl methyl sites for hydroxylation is 3. The number of nitrogens with one attached hydrogen (secondary N) is 1. The summed E-state index contributed by atoms with van der Waals surface area (Å²) in [5.74, 6) is 2.84. The van der Waals surface area contributed by atoms with E-state index in [1.165, 1.54) is 5.56 Å². The lowest BCUT2D eigenvalue weighted by Crippen LogP contribution is -2.07. The largest absolute Gasteiger partial charge is 0.496 e. The number of benzene rings is 1. The van der Waals surface area contributed by atoms with Gasteiger partial charge >= 0.3 is 0 Å². The van der Waals surface area contributed by atoms with Gasteiger partial charge in [-0.25, -0.2) is 0 Å². The molecule has 102 valence electrons. The predicted molar refractivity (Wildman–Crippen MR) is 78.0 cm³/mol. The monoisotopic (exact) mass is 259 g/mol. The Balaban J connectivity index is 2.17. The number of hydrogen-bond donors (Lipinski definition) is 1. The van der Waals surface area contributed by atoms with Gasteiger partial charge in [0.05, 0.1) is 13.2 Å². The zero-order valence-electron chi connectivity index (χ0n) is 12.2. The van der Waals surface area contributed by atoms with Gasteiger partial charge in [0.15, 0.2) is 0 Å². The zero-order chi connectivity index (χ0) is 14.0. The summed E-state index contributed by atoms with van der Waals surface area (Å²) in [7, 11) is 1.69. The fraction of sp³-hybridized carbons (Fsp3) is 0.375. The molecule has 1 atom stereocenters. The van der Waals surface area contributed by atoms with Crippen LogP contribution in [0.15, 0.2) is 28.7 Å². The third-order valence-corrected chi connectivity index (χ3v) is 3.32. The molecule has 19 heavy (non-hydrogen) atoms. The van der Waals surface area contributed by atoms with Crippen molar-refractivity contribution < 1.29 is 9.15 Å². The van der Waals surface area contributed by atoms with Crippen molar-refractivity contribution in [2.75, 3.05) is 12.4 Å². The van der Waals surface area contributed by atoms with Crippen LogP contribution in [0.2, 0.25) is 0 Å². The average Bonchev–Trinajstić information content (AvgIpc) is 2.69. The number of hydrogen-bond acceptors (Lipinski definition) is 3. The van der Waals surface area contributed by atoms with Crippen molar-refractivity contribution in [3.05, 3.63) is 46.9 Å². The highest BCUT2D eigenvalue weighted by molar-refractivity contribution is 5.52. The molecule has 1 aromatic heterocycles. The van der Waals surface area contributed by atoms with E-state index in [4.69, 9.17) is 9.15 Å². The van der Waals surface area contributed by atoms with Crippen molar-refractivity contribution in [1.29, 1.82) is 0 Å². The van der Waals surface area contributed by atoms with Crippen molar-refractivity contribution >= 4 is 5.69 Å². The molecule has 0 aliphatic carbocycles. The average molecular weight is 259 g/mol. The molecule has 1 heterocycles. The lowest BCUT2D eigenvalue weighted by Gasteiger charge is -2.16. The van der Waals surface area contributed by atoms with Gasteiger partial charge in [0.1, 0.15) is 17.3 Å². The van der Waals surface area contributed by atoms with Gasteiger partial charge < -0.3 is 14.5 Å². The zero-order valence-corrected chi connectivity index (χ0v) is 12.2. The van der Waals surface area contributed by atoms with Gasteiger partial charge in [-0.15, -0.1) is 0 Å². The molecular formula is C16H21NO2. The molecule has 0 radical (unpaired) electrons. The topological polar surface area (TPSA) is 34.4 Å².